The molecule has 2 atom stereocenters. The minimum Gasteiger partial charge on any atom is -0.376 e. The molecular weight excluding hydrogens is 566 g/mol. The molecule has 2 aliphatic rings. The minimum absolute atomic E-state index is 0.560. The maximum Gasteiger partial charge on any atom is 0.0717 e. The first kappa shape index (κ1) is 27.7. The van der Waals surface area contributed by atoms with E-state index >= 15 is 0 Å². The van der Waals surface area contributed by atoms with E-state index in [0.717, 1.165) is 62.0 Å². The first-order valence-electron chi connectivity index (χ1n) is 12.9. The van der Waals surface area contributed by atoms with Crippen LogP contribution in [0.2, 0.25) is 20.1 Å². The molecule has 2 saturated heterocycles. The molecule has 5 rings (SSSR count). The van der Waals surface area contributed by atoms with E-state index in [2.05, 4.69) is 32.7 Å². The highest BCUT2D eigenvalue weighted by Crippen LogP contribution is 2.36. The zero-order valence-electron chi connectivity index (χ0n) is 20.7. The van der Waals surface area contributed by atoms with E-state index in [0.29, 0.717) is 39.4 Å². The van der Waals surface area contributed by atoms with Crippen molar-refractivity contribution in [2.24, 2.45) is 11.8 Å². The lowest BCUT2D eigenvalue weighted by atomic mass is 9.89. The first-order chi connectivity index (χ1) is 17.9. The number of rotatable bonds is 9. The van der Waals surface area contributed by atoms with Crippen molar-refractivity contribution in [3.05, 3.63) is 90.0 Å². The molecular formula is C29H32Cl4N2OS. The van der Waals surface area contributed by atoms with E-state index in [-0.39, 0.29) is 0 Å². The van der Waals surface area contributed by atoms with Crippen molar-refractivity contribution in [1.29, 1.82) is 0 Å². The van der Waals surface area contributed by atoms with Crippen LogP contribution < -0.4 is 0 Å². The number of thiophene rings is 1. The van der Waals surface area contributed by atoms with Gasteiger partial charge in [0.2, 0.25) is 0 Å². The molecule has 0 bridgehead atoms. The number of piperidine rings is 1. The normalized spacial score (nSPS) is 21.6. The Labute approximate surface area is 244 Å². The van der Waals surface area contributed by atoms with Crippen molar-refractivity contribution < 1.29 is 4.74 Å². The van der Waals surface area contributed by atoms with E-state index in [9.17, 15) is 0 Å². The smallest absolute Gasteiger partial charge is 0.0717 e. The highest BCUT2D eigenvalue weighted by molar-refractivity contribution is 7.08. The van der Waals surface area contributed by atoms with Gasteiger partial charge >= 0.3 is 0 Å². The van der Waals surface area contributed by atoms with Crippen LogP contribution in [0.15, 0.2) is 53.2 Å². The maximum absolute atomic E-state index is 6.49. The van der Waals surface area contributed by atoms with Crippen LogP contribution >= 0.6 is 57.7 Å². The third-order valence-electron chi connectivity index (χ3n) is 7.70. The highest BCUT2D eigenvalue weighted by atomic mass is 35.5. The van der Waals surface area contributed by atoms with Gasteiger partial charge in [0.25, 0.3) is 0 Å². The summed E-state index contributed by atoms with van der Waals surface area (Å²) >= 11 is 26.5. The average Bonchev–Trinajstić information content (AvgIpc) is 3.54. The Hall–Kier alpha value is -0.820. The number of likely N-dealkylation sites (tertiary alicyclic amines) is 2. The Bertz CT molecular complexity index is 1170. The summed E-state index contributed by atoms with van der Waals surface area (Å²) in [5.74, 6) is 1.78. The fraction of sp³-hybridized carbons (Fsp3) is 0.448. The number of nitrogens with zero attached hydrogens (tertiary/aromatic N) is 2. The van der Waals surface area contributed by atoms with Crippen LogP contribution in [0.25, 0.3) is 0 Å². The van der Waals surface area contributed by atoms with Gasteiger partial charge in [-0.15, -0.1) is 0 Å². The zero-order valence-corrected chi connectivity index (χ0v) is 24.6. The second kappa shape index (κ2) is 13.0. The summed E-state index contributed by atoms with van der Waals surface area (Å²) in [6.45, 7) is 7.81. The summed E-state index contributed by atoms with van der Waals surface area (Å²) in [4.78, 5) is 5.23. The van der Waals surface area contributed by atoms with E-state index in [1.54, 1.807) is 11.3 Å². The molecule has 0 spiro atoms. The molecule has 0 N–H and O–H groups in total. The van der Waals surface area contributed by atoms with Gasteiger partial charge in [-0.1, -0.05) is 58.5 Å². The average molecular weight is 598 g/mol. The van der Waals surface area contributed by atoms with Crippen molar-refractivity contribution in [1.82, 2.24) is 9.80 Å². The van der Waals surface area contributed by atoms with Crippen LogP contribution in [0.5, 0.6) is 0 Å². The van der Waals surface area contributed by atoms with Crippen molar-refractivity contribution in [2.45, 2.75) is 31.9 Å². The summed E-state index contributed by atoms with van der Waals surface area (Å²) in [7, 11) is 0. The van der Waals surface area contributed by atoms with Crippen LogP contribution in [0, 0.1) is 11.8 Å². The Morgan fingerprint density at radius 2 is 1.70 bits per heavy atom. The molecule has 0 unspecified atom stereocenters. The second-order valence-electron chi connectivity index (χ2n) is 10.4. The van der Waals surface area contributed by atoms with Gasteiger partial charge in [-0.2, -0.15) is 11.3 Å². The number of halogens is 4. The summed E-state index contributed by atoms with van der Waals surface area (Å²) in [6, 6.07) is 13.9. The van der Waals surface area contributed by atoms with Crippen LogP contribution in [-0.4, -0.2) is 49.1 Å². The Kier molecular flexibility index (Phi) is 9.76. The largest absolute Gasteiger partial charge is 0.376 e. The van der Waals surface area contributed by atoms with Gasteiger partial charge in [-0.05, 0) is 95.5 Å². The predicted molar refractivity (Wildman–Crippen MR) is 158 cm³/mol. The lowest BCUT2D eigenvalue weighted by Gasteiger charge is -2.34. The molecule has 2 fully saturated rings. The number of hydrogen-bond donors (Lipinski definition) is 0. The molecule has 3 nitrogen and oxygen atoms in total. The Morgan fingerprint density at radius 3 is 2.43 bits per heavy atom. The monoisotopic (exact) mass is 596 g/mol. The third kappa shape index (κ3) is 7.43. The van der Waals surface area contributed by atoms with Crippen molar-refractivity contribution in [2.75, 3.05) is 39.3 Å². The van der Waals surface area contributed by atoms with E-state index in [4.69, 9.17) is 51.1 Å². The molecule has 2 aliphatic heterocycles. The van der Waals surface area contributed by atoms with Gasteiger partial charge in [0.1, 0.15) is 0 Å². The maximum atomic E-state index is 6.49. The predicted octanol–water partition coefficient (Wildman–Crippen LogP) is 8.51. The van der Waals surface area contributed by atoms with Crippen LogP contribution in [-0.2, 0) is 17.9 Å². The molecule has 0 aliphatic carbocycles. The second-order valence-corrected chi connectivity index (χ2v) is 12.8. The SMILES string of the molecule is Clc1ccc(CN2C[C@H](CN3CCC(COCc4ccc(Cl)c(Cl)c4)CC3)[C@@H](c3ccsc3)C2)c(Cl)c1. The van der Waals surface area contributed by atoms with Crippen molar-refractivity contribution in [3.63, 3.8) is 0 Å². The molecule has 0 amide bonds. The zero-order chi connectivity index (χ0) is 25.8. The van der Waals surface area contributed by atoms with E-state index in [1.165, 1.54) is 18.4 Å². The Morgan fingerprint density at radius 1 is 0.865 bits per heavy atom. The molecule has 198 valence electrons. The van der Waals surface area contributed by atoms with Gasteiger partial charge in [0.05, 0.1) is 16.7 Å². The topological polar surface area (TPSA) is 15.7 Å². The summed E-state index contributed by atoms with van der Waals surface area (Å²) < 4.78 is 6.03. The fourth-order valence-corrected chi connectivity index (χ4v) is 7.18. The van der Waals surface area contributed by atoms with Gasteiger partial charge in [-0.25, -0.2) is 0 Å². The summed E-state index contributed by atoms with van der Waals surface area (Å²) in [5.41, 5.74) is 3.69. The Balaban J connectivity index is 1.12. The fourth-order valence-electron chi connectivity index (χ4n) is 5.67. The third-order valence-corrected chi connectivity index (χ3v) is 9.73. The van der Waals surface area contributed by atoms with E-state index in [1.807, 2.05) is 30.3 Å². The molecule has 8 heteroatoms. The number of ether oxygens (including phenoxy) is 1. The van der Waals surface area contributed by atoms with Gasteiger partial charge in [-0.3, -0.25) is 4.90 Å². The van der Waals surface area contributed by atoms with E-state index < -0.39 is 0 Å². The minimum atomic E-state index is 0.560. The number of benzene rings is 2. The first-order valence-corrected chi connectivity index (χ1v) is 15.3. The molecule has 37 heavy (non-hydrogen) atoms. The highest BCUT2D eigenvalue weighted by Gasteiger charge is 2.36. The molecule has 0 radical (unpaired) electrons. The summed E-state index contributed by atoms with van der Waals surface area (Å²) in [6.07, 6.45) is 2.36. The van der Waals surface area contributed by atoms with Crippen LogP contribution in [0.1, 0.15) is 35.4 Å². The molecule has 3 heterocycles. The van der Waals surface area contributed by atoms with Crippen LogP contribution in [0.4, 0.5) is 0 Å². The molecule has 0 saturated carbocycles. The molecule has 1 aromatic heterocycles. The quantitative estimate of drug-likeness (QED) is 0.246. The standard InChI is InChI=1S/C29H32Cl4N2OS/c30-25-3-2-22(28(32)12-25)13-35-15-24(26(16-35)23-7-10-37-19-23)14-34-8-5-20(6-9-34)17-36-18-21-1-4-27(31)29(33)11-21/h1-4,7,10-12,19-20,24,26H,5-6,8-9,13-18H2/t24-,26+/m0/s1. The van der Waals surface area contributed by atoms with Crippen LogP contribution in [0.3, 0.4) is 0 Å². The van der Waals surface area contributed by atoms with Crippen molar-refractivity contribution in [3.8, 4) is 0 Å². The lowest BCUT2D eigenvalue weighted by molar-refractivity contribution is 0.0542. The van der Waals surface area contributed by atoms with Gasteiger partial charge in [0, 0.05) is 48.7 Å². The number of hydrogen-bond acceptors (Lipinski definition) is 4. The van der Waals surface area contributed by atoms with Gasteiger partial charge in [0.15, 0.2) is 0 Å². The lowest BCUT2D eigenvalue weighted by Crippen LogP contribution is -2.39. The van der Waals surface area contributed by atoms with Gasteiger partial charge < -0.3 is 9.64 Å². The molecule has 3 aromatic rings. The summed E-state index contributed by atoms with van der Waals surface area (Å²) in [5, 5.41) is 7.14. The molecule has 2 aromatic carbocycles. The van der Waals surface area contributed by atoms with Crippen molar-refractivity contribution >= 4 is 57.7 Å².